The summed E-state index contributed by atoms with van der Waals surface area (Å²) in [6, 6.07) is 15.2. The third-order valence-electron chi connectivity index (χ3n) is 10.2. The van der Waals surface area contributed by atoms with Crippen LogP contribution in [0.15, 0.2) is 52.8 Å². The van der Waals surface area contributed by atoms with E-state index in [2.05, 4.69) is 66.6 Å². The lowest BCUT2D eigenvalue weighted by Gasteiger charge is -2.30. The van der Waals surface area contributed by atoms with Crippen molar-refractivity contribution in [2.75, 3.05) is 0 Å². The Bertz CT molecular complexity index is 1340. The lowest BCUT2D eigenvalue weighted by Crippen LogP contribution is -2.26. The Kier molecular flexibility index (Phi) is 9.60. The van der Waals surface area contributed by atoms with Gasteiger partial charge < -0.3 is 9.68 Å². The minimum atomic E-state index is -0.331. The molecule has 6 nitrogen and oxygen atoms in total. The van der Waals surface area contributed by atoms with Crippen LogP contribution in [0.5, 0.6) is 0 Å². The number of hydrogen-bond acceptors (Lipinski definition) is 6. The predicted molar refractivity (Wildman–Crippen MR) is 167 cm³/mol. The van der Waals surface area contributed by atoms with E-state index < -0.39 is 0 Å². The molecule has 0 radical (unpaired) electrons. The summed E-state index contributed by atoms with van der Waals surface area (Å²) in [6.07, 6.45) is 11.9. The van der Waals surface area contributed by atoms with E-state index in [4.69, 9.17) is 9.68 Å². The van der Waals surface area contributed by atoms with Gasteiger partial charge in [-0.1, -0.05) is 106 Å². The van der Waals surface area contributed by atoms with Gasteiger partial charge in [0.2, 0.25) is 0 Å². The van der Waals surface area contributed by atoms with Crippen molar-refractivity contribution in [3.05, 3.63) is 59.2 Å². The topological polar surface area (TPSA) is 77.3 Å². The Balaban J connectivity index is 1.47. The molecule has 1 unspecified atom stereocenters. The van der Waals surface area contributed by atoms with Crippen LogP contribution in [0.3, 0.4) is 0 Å². The van der Waals surface area contributed by atoms with Crippen LogP contribution in [-0.2, 0) is 24.7 Å². The van der Waals surface area contributed by atoms with E-state index in [0.29, 0.717) is 11.4 Å². The van der Waals surface area contributed by atoms with Gasteiger partial charge in [-0.3, -0.25) is 0 Å². The Labute approximate surface area is 250 Å². The van der Waals surface area contributed by atoms with Crippen molar-refractivity contribution < 1.29 is 19.3 Å². The van der Waals surface area contributed by atoms with Crippen molar-refractivity contribution in [1.82, 2.24) is 0 Å². The second-order valence-corrected chi connectivity index (χ2v) is 12.5. The molecule has 0 saturated heterocycles. The van der Waals surface area contributed by atoms with Crippen LogP contribution in [0.2, 0.25) is 0 Å². The summed E-state index contributed by atoms with van der Waals surface area (Å²) in [7, 11) is 0. The van der Waals surface area contributed by atoms with Crippen molar-refractivity contribution in [3.63, 3.8) is 0 Å². The number of rotatable bonds is 9. The summed E-state index contributed by atoms with van der Waals surface area (Å²) in [5, 5.41) is 8.80. The highest BCUT2D eigenvalue weighted by atomic mass is 16.7. The molecule has 2 aromatic rings. The number of nitrogens with zero attached hydrogens (tertiary/aromatic N) is 2. The monoisotopic (exact) mass is 570 g/mol. The van der Waals surface area contributed by atoms with Gasteiger partial charge >= 0.3 is 11.9 Å². The molecule has 224 valence electrons. The summed E-state index contributed by atoms with van der Waals surface area (Å²) >= 11 is 0. The fraction of sp³-hybridized carbons (Fsp3) is 0.556. The first-order valence-electron chi connectivity index (χ1n) is 16.2. The fourth-order valence-corrected chi connectivity index (χ4v) is 7.32. The molecule has 2 fully saturated rings. The molecule has 0 aromatic heterocycles. The third-order valence-corrected chi connectivity index (χ3v) is 10.2. The van der Waals surface area contributed by atoms with Gasteiger partial charge in [0, 0.05) is 16.9 Å². The lowest BCUT2D eigenvalue weighted by molar-refractivity contribution is -0.150. The maximum Gasteiger partial charge on any atom is 0.338 e. The minimum Gasteiger partial charge on any atom is -0.318 e. The van der Waals surface area contributed by atoms with E-state index in [1.54, 1.807) is 0 Å². The van der Waals surface area contributed by atoms with Gasteiger partial charge in [0.05, 0.1) is 23.3 Å². The van der Waals surface area contributed by atoms with Gasteiger partial charge in [0.1, 0.15) is 0 Å². The fourth-order valence-electron chi connectivity index (χ4n) is 7.32. The van der Waals surface area contributed by atoms with Gasteiger partial charge in [-0.15, -0.1) is 0 Å². The zero-order chi connectivity index (χ0) is 29.7. The van der Waals surface area contributed by atoms with E-state index >= 15 is 0 Å². The molecule has 42 heavy (non-hydrogen) atoms. The first-order valence-corrected chi connectivity index (χ1v) is 16.2. The zero-order valence-electron chi connectivity index (χ0n) is 25.8. The highest BCUT2D eigenvalue weighted by Crippen LogP contribution is 2.52. The van der Waals surface area contributed by atoms with E-state index in [1.165, 1.54) is 35.1 Å². The van der Waals surface area contributed by atoms with Crippen LogP contribution in [0, 0.1) is 17.8 Å². The highest BCUT2D eigenvalue weighted by molar-refractivity contribution is 6.14. The third kappa shape index (κ3) is 5.95. The van der Waals surface area contributed by atoms with Crippen LogP contribution in [-0.4, -0.2) is 23.4 Å². The average molecular weight is 571 g/mol. The van der Waals surface area contributed by atoms with Gasteiger partial charge in [0.25, 0.3) is 0 Å². The Hall–Kier alpha value is -3.28. The number of benzene rings is 2. The minimum absolute atomic E-state index is 0.0789. The van der Waals surface area contributed by atoms with Crippen molar-refractivity contribution in [3.8, 4) is 11.1 Å². The second kappa shape index (κ2) is 13.4. The van der Waals surface area contributed by atoms with Crippen molar-refractivity contribution in [1.29, 1.82) is 0 Å². The molecule has 2 saturated carbocycles. The summed E-state index contributed by atoms with van der Waals surface area (Å²) in [6.45, 7) is 8.34. The summed E-state index contributed by atoms with van der Waals surface area (Å²) < 4.78 is 0. The molecular formula is C36H46N2O4. The van der Waals surface area contributed by atoms with E-state index in [1.807, 2.05) is 13.8 Å². The molecule has 0 spiro atoms. The number of fused-ring (bicyclic) bond motifs is 3. The number of hydrogen-bond donors (Lipinski definition) is 0. The molecule has 3 aliphatic rings. The van der Waals surface area contributed by atoms with Crippen molar-refractivity contribution in [2.45, 2.75) is 110 Å². The molecular weight excluding hydrogens is 524 g/mol. The molecule has 3 aliphatic carbocycles. The average Bonchev–Trinajstić information content (AvgIpc) is 3.33. The molecule has 0 aliphatic heterocycles. The molecule has 5 rings (SSSR count). The summed E-state index contributed by atoms with van der Waals surface area (Å²) in [5.41, 5.74) is 7.22. The standard InChI is InChI=1S/C36H46N2O4/c1-5-36(6-2)31-20-14-13-19-29(31)30-22-21-28(23-32(30)36)33(38-42-35(40)27-17-11-8-12-18-27)24(3)25(4)37-41-34(39)26-15-9-7-10-16-26/h13-14,19-24,26-27H,5-12,15-18H2,1-4H3/b37-25+,38-33-. The Morgan fingerprint density at radius 3 is 1.93 bits per heavy atom. The largest absolute Gasteiger partial charge is 0.338 e. The maximum atomic E-state index is 13.0. The van der Waals surface area contributed by atoms with E-state index in [-0.39, 0.29) is 35.1 Å². The molecule has 2 aromatic carbocycles. The number of carbonyl (C=O) groups excluding carboxylic acids is 2. The summed E-state index contributed by atoms with van der Waals surface area (Å²) in [4.78, 5) is 36.8. The van der Waals surface area contributed by atoms with Gasteiger partial charge in [-0.2, -0.15) is 0 Å². The zero-order valence-corrected chi connectivity index (χ0v) is 25.8. The predicted octanol–water partition coefficient (Wildman–Crippen LogP) is 8.74. The first-order chi connectivity index (χ1) is 20.4. The van der Waals surface area contributed by atoms with Crippen LogP contribution < -0.4 is 0 Å². The number of oxime groups is 2. The van der Waals surface area contributed by atoms with Crippen LogP contribution in [0.4, 0.5) is 0 Å². The first kappa shape index (κ1) is 30.2. The Morgan fingerprint density at radius 2 is 1.33 bits per heavy atom. The molecule has 6 heteroatoms. The van der Waals surface area contributed by atoms with Crippen molar-refractivity contribution >= 4 is 23.4 Å². The van der Waals surface area contributed by atoms with Crippen LogP contribution >= 0.6 is 0 Å². The lowest BCUT2D eigenvalue weighted by atomic mass is 9.73. The quantitative estimate of drug-likeness (QED) is 0.172. The van der Waals surface area contributed by atoms with Crippen LogP contribution in [0.25, 0.3) is 11.1 Å². The van der Waals surface area contributed by atoms with Crippen LogP contribution in [0.1, 0.15) is 121 Å². The highest BCUT2D eigenvalue weighted by Gasteiger charge is 2.40. The van der Waals surface area contributed by atoms with Gasteiger partial charge in [0.15, 0.2) is 0 Å². The smallest absolute Gasteiger partial charge is 0.318 e. The SMILES string of the molecule is CCC1(CC)c2ccccc2-c2ccc(/C(=N\OC(=O)C3CCCCC3)C(C)/C(C)=N/OC(=O)C3CCCCC3)cc21. The van der Waals surface area contributed by atoms with E-state index in [9.17, 15) is 9.59 Å². The molecule has 0 amide bonds. The molecule has 0 bridgehead atoms. The summed E-state index contributed by atoms with van der Waals surface area (Å²) in [5.74, 6) is -1.03. The number of carbonyl (C=O) groups is 2. The Morgan fingerprint density at radius 1 is 0.786 bits per heavy atom. The normalized spacial score (nSPS) is 20.0. The van der Waals surface area contributed by atoms with E-state index in [0.717, 1.165) is 69.8 Å². The molecule has 1 atom stereocenters. The maximum absolute atomic E-state index is 13.0. The molecule has 0 N–H and O–H groups in total. The second-order valence-electron chi connectivity index (χ2n) is 12.5. The van der Waals surface area contributed by atoms with Crippen molar-refractivity contribution in [2.24, 2.45) is 28.1 Å². The van der Waals surface area contributed by atoms with Gasteiger partial charge in [-0.25, -0.2) is 9.59 Å². The van der Waals surface area contributed by atoms with Gasteiger partial charge in [-0.05, 0) is 73.8 Å². The molecule has 0 heterocycles.